The number of likely N-dealkylation sites (N-methyl/N-ethyl adjacent to an activating group) is 1. The van der Waals surface area contributed by atoms with Crippen molar-refractivity contribution in [2.45, 2.75) is 37.5 Å². The van der Waals surface area contributed by atoms with Gasteiger partial charge in [0, 0.05) is 45.4 Å². The molecule has 1 atom stereocenters. The van der Waals surface area contributed by atoms with Crippen LogP contribution in [0.15, 0.2) is 30.6 Å². The molecule has 1 saturated heterocycles. The number of fused-ring (bicyclic) bond motifs is 2. The van der Waals surface area contributed by atoms with Crippen LogP contribution >= 0.6 is 0 Å². The highest BCUT2D eigenvalue weighted by molar-refractivity contribution is 5.80. The Bertz CT molecular complexity index is 1000. The molecule has 10 nitrogen and oxygen atoms in total. The van der Waals surface area contributed by atoms with E-state index in [9.17, 15) is 14.0 Å². The van der Waals surface area contributed by atoms with Crippen LogP contribution in [0.2, 0.25) is 0 Å². The van der Waals surface area contributed by atoms with E-state index < -0.39 is 17.5 Å². The Kier molecular flexibility index (Phi) is 7.64. The summed E-state index contributed by atoms with van der Waals surface area (Å²) in [5, 5.41) is 9.53. The van der Waals surface area contributed by atoms with Crippen molar-refractivity contribution in [3.63, 3.8) is 0 Å². The van der Waals surface area contributed by atoms with E-state index in [4.69, 9.17) is 19.4 Å². The fraction of sp³-hybridized carbons (Fsp3) is 0.455. The highest BCUT2D eigenvalue weighted by Gasteiger charge is 2.47. The first kappa shape index (κ1) is 24.2. The molecular weight excluding hydrogens is 435 g/mol. The smallest absolute Gasteiger partial charge is 0.290 e. The Labute approximate surface area is 190 Å². The van der Waals surface area contributed by atoms with Gasteiger partial charge in [-0.1, -0.05) is 6.07 Å². The Balaban J connectivity index is 0.000000968. The van der Waals surface area contributed by atoms with E-state index in [1.54, 1.807) is 24.2 Å². The summed E-state index contributed by atoms with van der Waals surface area (Å²) in [4.78, 5) is 39.5. The monoisotopic (exact) mass is 462 g/mol. The second-order valence-corrected chi connectivity index (χ2v) is 7.75. The lowest BCUT2D eigenvalue weighted by atomic mass is 9.88. The molecule has 0 bridgehead atoms. The number of nitrogens with zero attached hydrogens (tertiary/aromatic N) is 3. The summed E-state index contributed by atoms with van der Waals surface area (Å²) < 4.78 is 27.0. The molecule has 11 heteroatoms. The molecule has 0 saturated carbocycles. The van der Waals surface area contributed by atoms with E-state index >= 15 is 0 Å². The highest BCUT2D eigenvalue weighted by atomic mass is 19.1. The van der Waals surface area contributed by atoms with Crippen molar-refractivity contribution in [1.29, 1.82) is 0 Å². The number of carboxylic acid groups (broad SMARTS) is 1. The molecule has 1 aromatic heterocycles. The van der Waals surface area contributed by atoms with Gasteiger partial charge < -0.3 is 29.4 Å². The first-order chi connectivity index (χ1) is 15.9. The zero-order chi connectivity index (χ0) is 24.0. The van der Waals surface area contributed by atoms with E-state index in [0.29, 0.717) is 38.0 Å². The number of aromatic nitrogens is 2. The summed E-state index contributed by atoms with van der Waals surface area (Å²) in [6.45, 7) is 1.12. The first-order valence-electron chi connectivity index (χ1n) is 10.5. The van der Waals surface area contributed by atoms with Gasteiger partial charge in [0.05, 0.1) is 20.1 Å². The van der Waals surface area contributed by atoms with Crippen molar-refractivity contribution in [2.75, 3.05) is 27.2 Å². The molecule has 33 heavy (non-hydrogen) atoms. The van der Waals surface area contributed by atoms with Crippen molar-refractivity contribution in [3.8, 4) is 5.75 Å². The van der Waals surface area contributed by atoms with Gasteiger partial charge in [-0.3, -0.25) is 14.4 Å². The normalized spacial score (nSPS) is 18.5. The number of imidazole rings is 1. The average Bonchev–Trinajstić information content (AvgIpc) is 3.29. The lowest BCUT2D eigenvalue weighted by Crippen LogP contribution is -2.54. The molecule has 0 aliphatic carbocycles. The standard InChI is InChI=1S/C21H25FN4O4.CH2O2/c1-23-19(28)17-13-26-10-7-24-20(26)21(30-17)5-8-25(9-6-21)18(27)12-14-3-4-16(29-2)15(22)11-14;2-1-3/h3-4,7,10-11,17H,5-6,8-9,12-13H2,1-2H3,(H,23,28);1H,(H,2,3). The molecule has 1 spiro atoms. The third kappa shape index (κ3) is 5.14. The number of likely N-dealkylation sites (tertiary alicyclic amines) is 1. The Morgan fingerprint density at radius 1 is 1.39 bits per heavy atom. The van der Waals surface area contributed by atoms with Gasteiger partial charge in [-0.15, -0.1) is 0 Å². The number of benzene rings is 1. The van der Waals surface area contributed by atoms with Gasteiger partial charge in [0.2, 0.25) is 5.91 Å². The summed E-state index contributed by atoms with van der Waals surface area (Å²) in [7, 11) is 2.99. The number of hydrogen-bond acceptors (Lipinski definition) is 6. The van der Waals surface area contributed by atoms with E-state index in [1.165, 1.54) is 19.2 Å². The molecule has 3 heterocycles. The first-order valence-corrected chi connectivity index (χ1v) is 10.5. The van der Waals surface area contributed by atoms with Gasteiger partial charge in [-0.25, -0.2) is 9.37 Å². The van der Waals surface area contributed by atoms with E-state index in [1.807, 2.05) is 10.8 Å². The SMILES string of the molecule is CNC(=O)C1Cn2ccnc2C2(CCN(C(=O)Cc3ccc(OC)c(F)c3)CC2)O1.O=CO. The Hall–Kier alpha value is -3.47. The van der Waals surface area contributed by atoms with Crippen LogP contribution in [0.25, 0.3) is 0 Å². The second-order valence-electron chi connectivity index (χ2n) is 7.75. The average molecular weight is 462 g/mol. The van der Waals surface area contributed by atoms with Gasteiger partial charge in [0.1, 0.15) is 11.4 Å². The molecule has 1 fully saturated rings. The predicted octanol–water partition coefficient (Wildman–Crippen LogP) is 0.937. The maximum Gasteiger partial charge on any atom is 0.290 e. The summed E-state index contributed by atoms with van der Waals surface area (Å²) in [5.41, 5.74) is -0.0928. The van der Waals surface area contributed by atoms with Crippen LogP contribution in [0.1, 0.15) is 24.2 Å². The zero-order valence-corrected chi connectivity index (χ0v) is 18.5. The van der Waals surface area contributed by atoms with Crippen LogP contribution in [-0.2, 0) is 37.7 Å². The van der Waals surface area contributed by atoms with Crippen molar-refractivity contribution in [2.24, 2.45) is 0 Å². The molecule has 178 valence electrons. The third-order valence-electron chi connectivity index (χ3n) is 5.89. The van der Waals surface area contributed by atoms with E-state index in [0.717, 1.165) is 5.82 Å². The summed E-state index contributed by atoms with van der Waals surface area (Å²) in [5.74, 6) is 0.224. The van der Waals surface area contributed by atoms with Crippen molar-refractivity contribution in [3.05, 3.63) is 47.8 Å². The number of rotatable bonds is 4. The lowest BCUT2D eigenvalue weighted by Gasteiger charge is -2.45. The number of piperidine rings is 1. The van der Waals surface area contributed by atoms with Crippen LogP contribution in [-0.4, -0.2) is 71.2 Å². The molecule has 4 rings (SSSR count). The predicted molar refractivity (Wildman–Crippen MR) is 114 cm³/mol. The summed E-state index contributed by atoms with van der Waals surface area (Å²) >= 11 is 0. The van der Waals surface area contributed by atoms with Crippen LogP contribution in [0, 0.1) is 5.82 Å². The maximum absolute atomic E-state index is 13.9. The number of amides is 2. The molecule has 0 radical (unpaired) electrons. The number of hydrogen-bond donors (Lipinski definition) is 2. The van der Waals surface area contributed by atoms with Crippen molar-refractivity contribution < 1.29 is 33.4 Å². The molecule has 1 aromatic carbocycles. The minimum Gasteiger partial charge on any atom is -0.494 e. The van der Waals surface area contributed by atoms with Gasteiger partial charge in [0.25, 0.3) is 12.4 Å². The fourth-order valence-electron chi connectivity index (χ4n) is 4.26. The Morgan fingerprint density at radius 3 is 2.70 bits per heavy atom. The molecule has 2 aliphatic heterocycles. The van der Waals surface area contributed by atoms with Gasteiger partial charge in [-0.2, -0.15) is 0 Å². The van der Waals surface area contributed by atoms with Crippen LogP contribution < -0.4 is 10.1 Å². The zero-order valence-electron chi connectivity index (χ0n) is 18.5. The summed E-state index contributed by atoms with van der Waals surface area (Å²) in [6, 6.07) is 4.55. The molecule has 2 amide bonds. The van der Waals surface area contributed by atoms with Gasteiger partial charge >= 0.3 is 0 Å². The lowest BCUT2D eigenvalue weighted by molar-refractivity contribution is -0.175. The molecule has 2 aliphatic rings. The number of methoxy groups -OCH3 is 1. The Morgan fingerprint density at radius 2 is 2.09 bits per heavy atom. The molecule has 2 N–H and O–H groups in total. The van der Waals surface area contributed by atoms with Crippen LogP contribution in [0.4, 0.5) is 4.39 Å². The van der Waals surface area contributed by atoms with Gasteiger partial charge in [-0.05, 0) is 17.7 Å². The van der Waals surface area contributed by atoms with Crippen molar-refractivity contribution in [1.82, 2.24) is 19.8 Å². The minimum absolute atomic E-state index is 0.0728. The van der Waals surface area contributed by atoms with E-state index in [2.05, 4.69) is 10.3 Å². The maximum atomic E-state index is 13.9. The quantitative estimate of drug-likeness (QED) is 0.648. The molecule has 1 unspecified atom stereocenters. The second kappa shape index (κ2) is 10.4. The number of carbonyl (C=O) groups excluding carboxylic acids is 2. The van der Waals surface area contributed by atoms with Gasteiger partial charge in [0.15, 0.2) is 17.7 Å². The third-order valence-corrected chi connectivity index (χ3v) is 5.89. The minimum atomic E-state index is -0.693. The van der Waals surface area contributed by atoms with Crippen molar-refractivity contribution >= 4 is 18.3 Å². The highest BCUT2D eigenvalue weighted by Crippen LogP contribution is 2.40. The van der Waals surface area contributed by atoms with Crippen LogP contribution in [0.3, 0.4) is 0 Å². The number of halogens is 1. The number of carbonyl (C=O) groups is 3. The molecule has 2 aromatic rings. The molecular formula is C22H27FN4O6. The van der Waals surface area contributed by atoms with E-state index in [-0.39, 0.29) is 30.5 Å². The number of ether oxygens (including phenoxy) is 2. The fourth-order valence-corrected chi connectivity index (χ4v) is 4.26. The summed E-state index contributed by atoms with van der Waals surface area (Å²) in [6.07, 6.45) is 4.17. The number of nitrogens with one attached hydrogen (secondary N) is 1. The van der Waals surface area contributed by atoms with Crippen LogP contribution in [0.5, 0.6) is 5.75 Å². The topological polar surface area (TPSA) is 123 Å². The largest absolute Gasteiger partial charge is 0.494 e.